The fourth-order valence-electron chi connectivity index (χ4n) is 1.75. The van der Waals surface area contributed by atoms with Gasteiger partial charge in [-0.1, -0.05) is 20.8 Å². The quantitative estimate of drug-likeness (QED) is 0.598. The van der Waals surface area contributed by atoms with Gasteiger partial charge in [-0.15, -0.1) is 0 Å². The summed E-state index contributed by atoms with van der Waals surface area (Å²) in [5.74, 6) is 0.202. The van der Waals surface area contributed by atoms with Crippen LogP contribution in [-0.2, 0) is 5.41 Å². The van der Waals surface area contributed by atoms with Crippen molar-refractivity contribution in [1.29, 1.82) is 0 Å². The minimum Gasteiger partial charge on any atom is -0.495 e. The van der Waals surface area contributed by atoms with Crippen LogP contribution in [0.1, 0.15) is 38.3 Å². The van der Waals surface area contributed by atoms with Gasteiger partial charge in [-0.2, -0.15) is 0 Å². The molecule has 0 aliphatic rings. The lowest BCUT2D eigenvalue weighted by atomic mass is 9.85. The Bertz CT molecular complexity index is 513. The molecule has 0 spiro atoms. The van der Waals surface area contributed by atoms with Gasteiger partial charge in [-0.05, 0) is 21.3 Å². The summed E-state index contributed by atoms with van der Waals surface area (Å²) >= 11 is 3.00. The lowest BCUT2D eigenvalue weighted by Gasteiger charge is -2.24. The van der Waals surface area contributed by atoms with E-state index >= 15 is 0 Å². The Balaban J connectivity index is 3.76. The molecule has 0 aliphatic carbocycles. The number of nitro groups is 1. The molecule has 0 heterocycles. The minimum absolute atomic E-state index is 0.0656. The number of nitrogens with zero attached hydrogens (tertiary/aromatic N) is 1. The van der Waals surface area contributed by atoms with E-state index < -0.39 is 28.0 Å². The molecule has 0 fully saturated rings. The van der Waals surface area contributed by atoms with Gasteiger partial charge in [-0.25, -0.2) is 8.78 Å². The van der Waals surface area contributed by atoms with Crippen molar-refractivity contribution in [3.8, 4) is 5.75 Å². The zero-order valence-corrected chi connectivity index (χ0v) is 12.5. The van der Waals surface area contributed by atoms with Gasteiger partial charge in [0.2, 0.25) is 0 Å². The highest BCUT2D eigenvalue weighted by molar-refractivity contribution is 9.10. The maximum absolute atomic E-state index is 13.0. The Morgan fingerprint density at radius 2 is 1.95 bits per heavy atom. The Morgan fingerprint density at radius 1 is 1.42 bits per heavy atom. The van der Waals surface area contributed by atoms with Crippen LogP contribution in [0.3, 0.4) is 0 Å². The van der Waals surface area contributed by atoms with Crippen molar-refractivity contribution in [2.75, 3.05) is 7.11 Å². The summed E-state index contributed by atoms with van der Waals surface area (Å²) in [6.45, 7) is 5.47. The Hall–Kier alpha value is -1.24. The van der Waals surface area contributed by atoms with Crippen LogP contribution in [0.2, 0.25) is 0 Å². The summed E-state index contributed by atoms with van der Waals surface area (Å²) < 4.78 is 31.1. The molecule has 7 heteroatoms. The summed E-state index contributed by atoms with van der Waals surface area (Å²) in [6, 6.07) is 1.16. The molecular formula is C12H14BrF2NO3. The van der Waals surface area contributed by atoms with E-state index in [9.17, 15) is 18.9 Å². The van der Waals surface area contributed by atoms with Crippen LogP contribution in [0.4, 0.5) is 14.5 Å². The molecule has 0 atom stereocenters. The van der Waals surface area contributed by atoms with Crippen LogP contribution in [0.5, 0.6) is 5.75 Å². The number of ether oxygens (including phenoxy) is 1. The van der Waals surface area contributed by atoms with Crippen molar-refractivity contribution < 1.29 is 18.4 Å². The SMILES string of the molecule is COc1c(C(C)(C)C)cc([N+](=O)[O-])c(C(F)F)c1Br. The van der Waals surface area contributed by atoms with Crippen LogP contribution in [0.15, 0.2) is 10.5 Å². The molecule has 4 nitrogen and oxygen atoms in total. The first-order chi connectivity index (χ1) is 8.61. The van der Waals surface area contributed by atoms with Gasteiger partial charge in [0.15, 0.2) is 0 Å². The lowest BCUT2D eigenvalue weighted by Crippen LogP contribution is -2.15. The van der Waals surface area contributed by atoms with Crippen molar-refractivity contribution in [2.24, 2.45) is 0 Å². The third-order valence-corrected chi connectivity index (χ3v) is 3.45. The molecule has 106 valence electrons. The van der Waals surface area contributed by atoms with E-state index in [-0.39, 0.29) is 10.2 Å². The highest BCUT2D eigenvalue weighted by Gasteiger charge is 2.33. The van der Waals surface area contributed by atoms with Gasteiger partial charge >= 0.3 is 0 Å². The molecule has 0 N–H and O–H groups in total. The fraction of sp³-hybridized carbons (Fsp3) is 0.500. The number of hydrogen-bond donors (Lipinski definition) is 0. The maximum atomic E-state index is 13.0. The van der Waals surface area contributed by atoms with E-state index in [1.54, 1.807) is 0 Å². The molecule has 0 aliphatic heterocycles. The molecule has 19 heavy (non-hydrogen) atoms. The first kappa shape index (κ1) is 15.8. The van der Waals surface area contributed by atoms with Gasteiger partial charge < -0.3 is 4.74 Å². The van der Waals surface area contributed by atoms with E-state index in [1.165, 1.54) is 7.11 Å². The predicted molar refractivity (Wildman–Crippen MR) is 71.0 cm³/mol. The highest BCUT2D eigenvalue weighted by atomic mass is 79.9. The van der Waals surface area contributed by atoms with Crippen LogP contribution in [0, 0.1) is 10.1 Å². The Labute approximate surface area is 118 Å². The van der Waals surface area contributed by atoms with Crippen LogP contribution in [0.25, 0.3) is 0 Å². The van der Waals surface area contributed by atoms with Crippen molar-refractivity contribution in [3.63, 3.8) is 0 Å². The molecule has 0 radical (unpaired) electrons. The minimum atomic E-state index is -2.96. The van der Waals surface area contributed by atoms with E-state index in [4.69, 9.17) is 4.74 Å². The second-order valence-corrected chi connectivity index (χ2v) is 5.80. The second-order valence-electron chi connectivity index (χ2n) is 5.01. The fourth-order valence-corrected chi connectivity index (χ4v) is 2.50. The first-order valence-corrected chi connectivity index (χ1v) is 6.24. The van der Waals surface area contributed by atoms with E-state index in [0.29, 0.717) is 5.56 Å². The third kappa shape index (κ3) is 3.02. The molecule has 1 aromatic rings. The van der Waals surface area contributed by atoms with Crippen molar-refractivity contribution in [3.05, 3.63) is 31.8 Å². The van der Waals surface area contributed by atoms with Gasteiger partial charge in [0.1, 0.15) is 11.3 Å². The largest absolute Gasteiger partial charge is 0.495 e. The molecule has 0 saturated carbocycles. The summed E-state index contributed by atoms with van der Waals surface area (Å²) in [5, 5.41) is 11.0. The summed E-state index contributed by atoms with van der Waals surface area (Å²) in [7, 11) is 1.34. The molecule has 0 saturated heterocycles. The smallest absolute Gasteiger partial charge is 0.280 e. The maximum Gasteiger partial charge on any atom is 0.280 e. The van der Waals surface area contributed by atoms with Gasteiger partial charge in [-0.3, -0.25) is 10.1 Å². The molecule has 0 amide bonds. The highest BCUT2D eigenvalue weighted by Crippen LogP contribution is 2.46. The number of benzene rings is 1. The summed E-state index contributed by atoms with van der Waals surface area (Å²) in [4.78, 5) is 10.2. The van der Waals surface area contributed by atoms with Crippen molar-refractivity contribution in [1.82, 2.24) is 0 Å². The molecule has 1 aromatic carbocycles. The second kappa shape index (κ2) is 5.40. The van der Waals surface area contributed by atoms with E-state index in [2.05, 4.69) is 15.9 Å². The topological polar surface area (TPSA) is 52.4 Å². The average Bonchev–Trinajstić information content (AvgIpc) is 2.25. The van der Waals surface area contributed by atoms with E-state index in [0.717, 1.165) is 6.07 Å². The number of nitro benzene ring substituents is 1. The zero-order valence-electron chi connectivity index (χ0n) is 11.0. The lowest BCUT2D eigenvalue weighted by molar-refractivity contribution is -0.386. The van der Waals surface area contributed by atoms with Gasteiger partial charge in [0.05, 0.1) is 16.5 Å². The summed E-state index contributed by atoms with van der Waals surface area (Å²) in [5.41, 5.74) is -1.24. The van der Waals surface area contributed by atoms with Crippen LogP contribution < -0.4 is 4.74 Å². The normalized spacial score (nSPS) is 11.8. The number of alkyl halides is 2. The predicted octanol–water partition coefficient (Wildman–Crippen LogP) is 4.60. The van der Waals surface area contributed by atoms with Crippen molar-refractivity contribution >= 4 is 21.6 Å². The monoisotopic (exact) mass is 337 g/mol. The Kier molecular flexibility index (Phi) is 4.50. The van der Waals surface area contributed by atoms with Crippen LogP contribution >= 0.6 is 15.9 Å². The average molecular weight is 338 g/mol. The van der Waals surface area contributed by atoms with Crippen molar-refractivity contribution in [2.45, 2.75) is 32.6 Å². The molecule has 1 rings (SSSR count). The van der Waals surface area contributed by atoms with Gasteiger partial charge in [0, 0.05) is 11.6 Å². The standard InChI is InChI=1S/C12H14BrF2NO3/c1-12(2,3)6-5-7(16(17)18)8(11(14)15)9(13)10(6)19-4/h5,11H,1-4H3. The molecule has 0 bridgehead atoms. The van der Waals surface area contributed by atoms with Gasteiger partial charge in [0.25, 0.3) is 12.1 Å². The number of methoxy groups -OCH3 is 1. The van der Waals surface area contributed by atoms with Crippen LogP contribution in [-0.4, -0.2) is 12.0 Å². The number of rotatable bonds is 3. The first-order valence-electron chi connectivity index (χ1n) is 5.44. The molecular weight excluding hydrogens is 324 g/mol. The Morgan fingerprint density at radius 3 is 2.26 bits per heavy atom. The molecule has 0 aromatic heterocycles. The van der Waals surface area contributed by atoms with E-state index in [1.807, 2.05) is 20.8 Å². The molecule has 0 unspecified atom stereocenters. The zero-order chi connectivity index (χ0) is 15.0. The number of halogens is 3. The summed E-state index contributed by atoms with van der Waals surface area (Å²) in [6.07, 6.45) is -2.96. The number of hydrogen-bond acceptors (Lipinski definition) is 3. The third-order valence-electron chi connectivity index (χ3n) is 2.66.